The van der Waals surface area contributed by atoms with Gasteiger partial charge in [-0.15, -0.1) is 0 Å². The van der Waals surface area contributed by atoms with Gasteiger partial charge in [0.05, 0.1) is 29.0 Å². The zero-order valence-electron chi connectivity index (χ0n) is 12.5. The molecular formula is C19H15N3O. The highest BCUT2D eigenvalue weighted by molar-refractivity contribution is 5.93. The number of para-hydroxylation sites is 1. The van der Waals surface area contributed by atoms with Crippen LogP contribution in [0.5, 0.6) is 0 Å². The fourth-order valence-electron chi connectivity index (χ4n) is 2.37. The summed E-state index contributed by atoms with van der Waals surface area (Å²) in [5.74, 6) is -0.0496. The number of nitriles is 1. The van der Waals surface area contributed by atoms with Crippen molar-refractivity contribution in [3.8, 4) is 6.07 Å². The van der Waals surface area contributed by atoms with Crippen molar-refractivity contribution in [3.05, 3.63) is 71.9 Å². The van der Waals surface area contributed by atoms with E-state index in [2.05, 4.69) is 16.4 Å². The Kier molecular flexibility index (Phi) is 4.30. The Bertz CT molecular complexity index is 879. The van der Waals surface area contributed by atoms with Crippen molar-refractivity contribution in [3.63, 3.8) is 0 Å². The summed E-state index contributed by atoms with van der Waals surface area (Å²) in [6, 6.07) is 19.1. The molecule has 0 radical (unpaired) electrons. The predicted molar refractivity (Wildman–Crippen MR) is 89.9 cm³/mol. The molecule has 0 saturated heterocycles. The zero-order chi connectivity index (χ0) is 16.1. The third-order valence-electron chi connectivity index (χ3n) is 3.60. The molecule has 1 N–H and O–H groups in total. The molecular weight excluding hydrogens is 286 g/mol. The minimum Gasteiger partial charge on any atom is -0.325 e. The number of pyridine rings is 1. The Morgan fingerprint density at radius 3 is 2.70 bits per heavy atom. The summed E-state index contributed by atoms with van der Waals surface area (Å²) in [6.45, 7) is 0. The highest BCUT2D eigenvalue weighted by atomic mass is 16.1. The van der Waals surface area contributed by atoms with Crippen molar-refractivity contribution in [2.45, 2.75) is 12.8 Å². The normalized spacial score (nSPS) is 10.2. The average Bonchev–Trinajstić information content (AvgIpc) is 2.60. The lowest BCUT2D eigenvalue weighted by Crippen LogP contribution is -2.12. The maximum Gasteiger partial charge on any atom is 0.224 e. The first-order valence-corrected chi connectivity index (χ1v) is 7.38. The summed E-state index contributed by atoms with van der Waals surface area (Å²) in [6.07, 6.45) is 2.69. The number of nitrogens with zero attached hydrogens (tertiary/aromatic N) is 2. The second-order valence-corrected chi connectivity index (χ2v) is 5.27. The van der Waals surface area contributed by atoms with E-state index in [0.717, 1.165) is 16.5 Å². The van der Waals surface area contributed by atoms with Crippen LogP contribution in [-0.2, 0) is 11.2 Å². The second-order valence-electron chi connectivity index (χ2n) is 5.27. The zero-order valence-corrected chi connectivity index (χ0v) is 12.5. The Balaban J connectivity index is 1.60. The average molecular weight is 301 g/mol. The van der Waals surface area contributed by atoms with E-state index in [-0.39, 0.29) is 5.91 Å². The van der Waals surface area contributed by atoms with Crippen LogP contribution in [0.15, 0.2) is 60.8 Å². The van der Waals surface area contributed by atoms with Gasteiger partial charge < -0.3 is 5.32 Å². The summed E-state index contributed by atoms with van der Waals surface area (Å²) >= 11 is 0. The number of hydrogen-bond donors (Lipinski definition) is 1. The van der Waals surface area contributed by atoms with Gasteiger partial charge in [0.25, 0.3) is 0 Å². The molecule has 4 nitrogen and oxygen atoms in total. The van der Waals surface area contributed by atoms with E-state index < -0.39 is 0 Å². The number of benzene rings is 2. The Labute approximate surface area is 134 Å². The fourth-order valence-corrected chi connectivity index (χ4v) is 2.37. The molecule has 3 rings (SSSR count). The summed E-state index contributed by atoms with van der Waals surface area (Å²) in [4.78, 5) is 16.4. The van der Waals surface area contributed by atoms with E-state index in [1.807, 2.05) is 42.5 Å². The number of hydrogen-bond acceptors (Lipinski definition) is 3. The first kappa shape index (κ1) is 14.7. The van der Waals surface area contributed by atoms with Gasteiger partial charge in [0.15, 0.2) is 0 Å². The van der Waals surface area contributed by atoms with E-state index in [9.17, 15) is 4.79 Å². The first-order chi connectivity index (χ1) is 11.2. The van der Waals surface area contributed by atoms with Gasteiger partial charge in [0.1, 0.15) is 0 Å². The molecule has 0 spiro atoms. The van der Waals surface area contributed by atoms with Crippen molar-refractivity contribution >= 4 is 22.5 Å². The molecule has 0 atom stereocenters. The van der Waals surface area contributed by atoms with Gasteiger partial charge in [-0.2, -0.15) is 5.26 Å². The topological polar surface area (TPSA) is 65.8 Å². The molecule has 0 unspecified atom stereocenters. The molecule has 0 fully saturated rings. The Hall–Kier alpha value is -3.19. The van der Waals surface area contributed by atoms with Crippen LogP contribution in [0.1, 0.15) is 17.5 Å². The quantitative estimate of drug-likeness (QED) is 0.799. The van der Waals surface area contributed by atoms with Crippen LogP contribution in [0.3, 0.4) is 0 Å². The van der Waals surface area contributed by atoms with Gasteiger partial charge in [0, 0.05) is 11.8 Å². The maximum absolute atomic E-state index is 12.1. The van der Waals surface area contributed by atoms with E-state index in [0.29, 0.717) is 24.1 Å². The number of carbonyl (C=O) groups excluding carboxylic acids is 1. The highest BCUT2D eigenvalue weighted by Gasteiger charge is 2.05. The number of rotatable bonds is 4. The number of aromatic nitrogens is 1. The van der Waals surface area contributed by atoms with Crippen molar-refractivity contribution in [1.82, 2.24) is 4.98 Å². The van der Waals surface area contributed by atoms with Gasteiger partial charge >= 0.3 is 0 Å². The molecule has 1 amide bonds. The number of fused-ring (bicyclic) bond motifs is 1. The molecule has 1 heterocycles. The molecule has 0 aliphatic rings. The molecule has 23 heavy (non-hydrogen) atoms. The number of nitrogens with one attached hydrogen (secondary N) is 1. The summed E-state index contributed by atoms with van der Waals surface area (Å²) < 4.78 is 0. The van der Waals surface area contributed by atoms with Crippen molar-refractivity contribution in [1.29, 1.82) is 5.26 Å². The van der Waals surface area contributed by atoms with Crippen molar-refractivity contribution < 1.29 is 4.79 Å². The van der Waals surface area contributed by atoms with E-state index >= 15 is 0 Å². The van der Waals surface area contributed by atoms with Crippen LogP contribution in [-0.4, -0.2) is 10.9 Å². The molecule has 112 valence electrons. The monoisotopic (exact) mass is 301 g/mol. The third-order valence-corrected chi connectivity index (χ3v) is 3.60. The second kappa shape index (κ2) is 6.71. The van der Waals surface area contributed by atoms with Crippen LogP contribution in [0.2, 0.25) is 0 Å². The standard InChI is InChI=1S/C19H15N3O/c20-12-15-7-5-14(6-8-15)9-10-19(23)22-17-11-16-3-1-2-4-18(16)21-13-17/h1-8,11,13H,9-10H2,(H,22,23). The molecule has 0 aliphatic heterocycles. The maximum atomic E-state index is 12.1. The van der Waals surface area contributed by atoms with Gasteiger partial charge in [-0.1, -0.05) is 30.3 Å². The molecule has 1 aromatic heterocycles. The SMILES string of the molecule is N#Cc1ccc(CCC(=O)Nc2cnc3ccccc3c2)cc1. The number of amides is 1. The third kappa shape index (κ3) is 3.72. The van der Waals surface area contributed by atoms with Crippen LogP contribution < -0.4 is 5.32 Å². The van der Waals surface area contributed by atoms with E-state index in [1.165, 1.54) is 0 Å². The Morgan fingerprint density at radius 2 is 1.91 bits per heavy atom. The van der Waals surface area contributed by atoms with Crippen molar-refractivity contribution in [2.75, 3.05) is 5.32 Å². The van der Waals surface area contributed by atoms with Gasteiger partial charge in [-0.25, -0.2) is 0 Å². The lowest BCUT2D eigenvalue weighted by molar-refractivity contribution is -0.116. The lowest BCUT2D eigenvalue weighted by Gasteiger charge is -2.06. The summed E-state index contributed by atoms with van der Waals surface area (Å²) in [7, 11) is 0. The highest BCUT2D eigenvalue weighted by Crippen LogP contribution is 2.16. The molecule has 3 aromatic rings. The molecule has 0 bridgehead atoms. The summed E-state index contributed by atoms with van der Waals surface area (Å²) in [5.41, 5.74) is 3.27. The van der Waals surface area contributed by atoms with Gasteiger partial charge in [0.2, 0.25) is 5.91 Å². The molecule has 0 saturated carbocycles. The first-order valence-electron chi connectivity index (χ1n) is 7.38. The number of anilines is 1. The lowest BCUT2D eigenvalue weighted by atomic mass is 10.1. The minimum atomic E-state index is -0.0496. The fraction of sp³-hybridized carbons (Fsp3) is 0.105. The van der Waals surface area contributed by atoms with Crippen LogP contribution in [0, 0.1) is 11.3 Å². The Morgan fingerprint density at radius 1 is 1.13 bits per heavy atom. The van der Waals surface area contributed by atoms with Crippen molar-refractivity contribution in [2.24, 2.45) is 0 Å². The van der Waals surface area contributed by atoms with Gasteiger partial charge in [-0.05, 0) is 36.2 Å². The smallest absolute Gasteiger partial charge is 0.224 e. The number of aryl methyl sites for hydroxylation is 1. The molecule has 4 heteroatoms. The largest absolute Gasteiger partial charge is 0.325 e. The molecule has 2 aromatic carbocycles. The van der Waals surface area contributed by atoms with Crippen LogP contribution >= 0.6 is 0 Å². The van der Waals surface area contributed by atoms with Gasteiger partial charge in [-0.3, -0.25) is 9.78 Å². The van der Waals surface area contributed by atoms with Crippen LogP contribution in [0.4, 0.5) is 5.69 Å². The predicted octanol–water partition coefficient (Wildman–Crippen LogP) is 3.68. The van der Waals surface area contributed by atoms with E-state index in [1.54, 1.807) is 18.3 Å². The summed E-state index contributed by atoms with van der Waals surface area (Å²) in [5, 5.41) is 12.6. The molecule has 0 aliphatic carbocycles. The van der Waals surface area contributed by atoms with Crippen LogP contribution in [0.25, 0.3) is 10.9 Å². The number of carbonyl (C=O) groups is 1. The van der Waals surface area contributed by atoms with E-state index in [4.69, 9.17) is 5.26 Å². The minimum absolute atomic E-state index is 0.0496.